The van der Waals surface area contributed by atoms with Gasteiger partial charge in [0.2, 0.25) is 5.16 Å². The van der Waals surface area contributed by atoms with E-state index in [2.05, 4.69) is 6.07 Å². The number of benzene rings is 2. The van der Waals surface area contributed by atoms with Gasteiger partial charge in [-0.2, -0.15) is 10.2 Å². The van der Waals surface area contributed by atoms with Crippen LogP contribution < -0.4 is 4.90 Å². The first-order chi connectivity index (χ1) is 23.1. The van der Waals surface area contributed by atoms with E-state index in [1.54, 1.807) is 13.2 Å². The molecular formula is C34H39FN8O4S. The number of aliphatic hydroxyl groups is 1. The van der Waals surface area contributed by atoms with Crippen LogP contribution in [-0.2, 0) is 40.8 Å². The Morgan fingerprint density at radius 2 is 1.98 bits per heavy atom. The molecule has 6 heterocycles. The predicted octanol–water partition coefficient (Wildman–Crippen LogP) is 4.75. The molecule has 8 rings (SSSR count). The zero-order valence-corrected chi connectivity index (χ0v) is 28.6. The van der Waals surface area contributed by atoms with Gasteiger partial charge in [0.25, 0.3) is 0 Å². The van der Waals surface area contributed by atoms with Gasteiger partial charge in [0.1, 0.15) is 28.6 Å². The summed E-state index contributed by atoms with van der Waals surface area (Å²) in [4.78, 5) is 11.6. The van der Waals surface area contributed by atoms with Gasteiger partial charge in [-0.1, -0.05) is 13.0 Å². The summed E-state index contributed by atoms with van der Waals surface area (Å²) in [5, 5.41) is 24.5. The van der Waals surface area contributed by atoms with Crippen molar-refractivity contribution >= 4 is 60.4 Å². The highest BCUT2D eigenvalue weighted by Gasteiger charge is 2.33. The summed E-state index contributed by atoms with van der Waals surface area (Å²) in [5.41, 5.74) is 3.97. The minimum atomic E-state index is -1.47. The van der Waals surface area contributed by atoms with Crippen LogP contribution in [0.3, 0.4) is 0 Å². The van der Waals surface area contributed by atoms with E-state index in [-0.39, 0.29) is 30.4 Å². The fourth-order valence-corrected chi connectivity index (χ4v) is 8.01. The van der Waals surface area contributed by atoms with Crippen molar-refractivity contribution in [2.24, 2.45) is 14.1 Å². The first-order valence-corrected chi connectivity index (χ1v) is 18.0. The lowest BCUT2D eigenvalue weighted by Gasteiger charge is -2.28. The van der Waals surface area contributed by atoms with Crippen LogP contribution in [0.25, 0.3) is 55.0 Å². The Kier molecular flexibility index (Phi) is 7.55. The molecule has 14 heteroatoms. The summed E-state index contributed by atoms with van der Waals surface area (Å²) >= 11 is 0. The number of anilines is 1. The summed E-state index contributed by atoms with van der Waals surface area (Å²) in [6, 6.07) is 5.44. The highest BCUT2D eigenvalue weighted by atomic mass is 32.2. The zero-order chi connectivity index (χ0) is 33.5. The summed E-state index contributed by atoms with van der Waals surface area (Å²) in [7, 11) is 2.32. The molecule has 48 heavy (non-hydrogen) atoms. The van der Waals surface area contributed by atoms with Gasteiger partial charge in [0.15, 0.2) is 6.23 Å². The molecule has 12 nitrogen and oxygen atoms in total. The number of β-amino-alcohol motifs (C(OH)–C–C–N with tert-alkyl or cyclic N) is 1. The third-order valence-electron chi connectivity index (χ3n) is 9.72. The van der Waals surface area contributed by atoms with Crippen LogP contribution >= 0.6 is 0 Å². The van der Waals surface area contributed by atoms with Crippen molar-refractivity contribution in [1.29, 1.82) is 0 Å². The van der Waals surface area contributed by atoms with Crippen molar-refractivity contribution < 1.29 is 23.2 Å². The van der Waals surface area contributed by atoms with Crippen LogP contribution in [0.5, 0.6) is 0 Å². The lowest BCUT2D eigenvalue weighted by atomic mass is 9.92. The van der Waals surface area contributed by atoms with Gasteiger partial charge in [-0.25, -0.2) is 19.0 Å². The van der Waals surface area contributed by atoms with Gasteiger partial charge in [0, 0.05) is 44.5 Å². The summed E-state index contributed by atoms with van der Waals surface area (Å²) in [6.07, 6.45) is 6.65. The molecule has 2 aliphatic heterocycles. The Labute approximate surface area is 278 Å². The SMILES string of the molecule is CCc1c(F)ccc2cc3c(cnn3C3CCCCO3)c(-c3nn(C)c4c5c(N6CCOC[C@@](C)(O)C6)nc(S(C)=O)nc5n(C)c34)c12. The Bertz CT molecular complexity index is 2270. The number of rotatable bonds is 5. The second-order valence-corrected chi connectivity index (χ2v) is 14.5. The van der Waals surface area contributed by atoms with Gasteiger partial charge in [0.05, 0.1) is 58.7 Å². The van der Waals surface area contributed by atoms with E-state index < -0.39 is 16.4 Å². The van der Waals surface area contributed by atoms with E-state index in [0.29, 0.717) is 48.9 Å². The number of hydrogen-bond donors (Lipinski definition) is 1. The number of fused-ring (bicyclic) bond motifs is 5. The number of hydrogen-bond acceptors (Lipinski definition) is 9. The molecule has 4 aromatic heterocycles. The molecule has 0 aliphatic carbocycles. The average molecular weight is 675 g/mol. The molecule has 0 spiro atoms. The van der Waals surface area contributed by atoms with Crippen molar-refractivity contribution in [2.45, 2.75) is 56.5 Å². The number of ether oxygens (including phenoxy) is 2. The number of nitrogens with zero attached hydrogens (tertiary/aromatic N) is 8. The Morgan fingerprint density at radius 3 is 2.73 bits per heavy atom. The van der Waals surface area contributed by atoms with E-state index in [4.69, 9.17) is 29.6 Å². The normalized spacial score (nSPS) is 21.6. The van der Waals surface area contributed by atoms with Crippen LogP contribution in [0.2, 0.25) is 0 Å². The Morgan fingerprint density at radius 1 is 1.15 bits per heavy atom. The van der Waals surface area contributed by atoms with Gasteiger partial charge in [-0.3, -0.25) is 8.89 Å². The monoisotopic (exact) mass is 674 g/mol. The van der Waals surface area contributed by atoms with E-state index in [0.717, 1.165) is 62.9 Å². The fourth-order valence-electron chi connectivity index (χ4n) is 7.58. The second kappa shape index (κ2) is 11.6. The fraction of sp³-hybridized carbons (Fsp3) is 0.471. The highest BCUT2D eigenvalue weighted by Crippen LogP contribution is 2.45. The smallest absolute Gasteiger partial charge is 0.222 e. The third kappa shape index (κ3) is 4.83. The molecule has 0 radical (unpaired) electrons. The van der Waals surface area contributed by atoms with Gasteiger partial charge in [-0.15, -0.1) is 0 Å². The topological polar surface area (TPSA) is 125 Å². The van der Waals surface area contributed by atoms with Crippen LogP contribution in [0.1, 0.15) is 44.9 Å². The highest BCUT2D eigenvalue weighted by molar-refractivity contribution is 7.84. The summed E-state index contributed by atoms with van der Waals surface area (Å²) < 4.78 is 46.1. The molecule has 2 fully saturated rings. The molecular weight excluding hydrogens is 635 g/mol. The number of aryl methyl sites for hydroxylation is 3. The van der Waals surface area contributed by atoms with Gasteiger partial charge in [-0.05, 0) is 61.1 Å². The van der Waals surface area contributed by atoms with Crippen LogP contribution in [0.15, 0.2) is 29.6 Å². The Hall–Kier alpha value is -3.98. The van der Waals surface area contributed by atoms with Crippen molar-refractivity contribution in [3.8, 4) is 11.3 Å². The summed E-state index contributed by atoms with van der Waals surface area (Å²) in [6.45, 7) is 5.71. The number of aromatic nitrogens is 7. The zero-order valence-electron chi connectivity index (χ0n) is 27.8. The molecule has 1 N–H and O–H groups in total. The van der Waals surface area contributed by atoms with Crippen LogP contribution in [-0.4, -0.2) is 88.2 Å². The second-order valence-electron chi connectivity index (χ2n) is 13.3. The maximum Gasteiger partial charge on any atom is 0.222 e. The molecule has 2 aromatic carbocycles. The quantitative estimate of drug-likeness (QED) is 0.258. The largest absolute Gasteiger partial charge is 0.386 e. The summed E-state index contributed by atoms with van der Waals surface area (Å²) in [5.74, 6) is 0.290. The molecule has 252 valence electrons. The lowest BCUT2D eigenvalue weighted by Crippen LogP contribution is -2.42. The van der Waals surface area contributed by atoms with Crippen LogP contribution in [0.4, 0.5) is 10.2 Å². The van der Waals surface area contributed by atoms with Crippen LogP contribution in [0, 0.1) is 5.82 Å². The molecule has 2 aliphatic rings. The van der Waals surface area contributed by atoms with E-state index in [9.17, 15) is 9.32 Å². The molecule has 2 saturated heterocycles. The minimum Gasteiger partial charge on any atom is -0.386 e. The Balaban J connectivity index is 1.48. The van der Waals surface area contributed by atoms with E-state index in [1.165, 1.54) is 6.07 Å². The molecule has 3 atom stereocenters. The minimum absolute atomic E-state index is 0.185. The van der Waals surface area contributed by atoms with Crippen molar-refractivity contribution in [3.05, 3.63) is 35.8 Å². The standard InChI is InChI=1S/C34H39FN8O4S/c1-6-20-22(35)11-10-19-15-23-21(16-36-43(23)24-9-7-8-13-47-24)26(25(19)20)28-30-29(41(4)39-28)27-31(40(30)3)37-33(48(5)45)38-32(27)42-12-14-46-18-34(2,44)17-42/h10-11,15-16,24,44H,6-9,12-14,17-18H2,1-5H3/t24?,34-,48?/m0/s1. The molecule has 2 unspecified atom stereocenters. The molecule has 6 aromatic rings. The lowest BCUT2D eigenvalue weighted by molar-refractivity contribution is -0.0366. The third-order valence-corrected chi connectivity index (χ3v) is 10.4. The van der Waals surface area contributed by atoms with E-state index in [1.807, 2.05) is 52.1 Å². The molecule has 0 saturated carbocycles. The maximum absolute atomic E-state index is 15.6. The maximum atomic E-state index is 15.6. The first-order valence-electron chi connectivity index (χ1n) is 16.4. The number of halogens is 1. The molecule has 0 amide bonds. The van der Waals surface area contributed by atoms with E-state index >= 15 is 4.39 Å². The van der Waals surface area contributed by atoms with Gasteiger partial charge >= 0.3 is 0 Å². The van der Waals surface area contributed by atoms with Crippen molar-refractivity contribution in [1.82, 2.24) is 34.1 Å². The van der Waals surface area contributed by atoms with Gasteiger partial charge < -0.3 is 24.0 Å². The van der Waals surface area contributed by atoms with Crippen molar-refractivity contribution in [3.63, 3.8) is 0 Å². The first kappa shape index (κ1) is 31.3. The average Bonchev–Trinajstić information content (AvgIpc) is 3.69. The predicted molar refractivity (Wildman–Crippen MR) is 183 cm³/mol. The molecule has 0 bridgehead atoms. The van der Waals surface area contributed by atoms with Crippen molar-refractivity contribution in [2.75, 3.05) is 44.1 Å².